The number of hydrogen-bond acceptors (Lipinski definition) is 4. The molecule has 0 radical (unpaired) electrons. The molecule has 42 heavy (non-hydrogen) atoms. The molecule has 1 spiro atoms. The highest BCUT2D eigenvalue weighted by Crippen LogP contribution is 2.58. The van der Waals surface area contributed by atoms with E-state index in [4.69, 9.17) is 0 Å². The quantitative estimate of drug-likeness (QED) is 0.285. The molecule has 1 fully saturated rings. The minimum atomic E-state index is -1.41. The van der Waals surface area contributed by atoms with E-state index in [9.17, 15) is 18.8 Å². The van der Waals surface area contributed by atoms with E-state index >= 15 is 0 Å². The monoisotopic (exact) mass is 556 g/mol. The molecule has 4 unspecified atom stereocenters. The van der Waals surface area contributed by atoms with Crippen molar-refractivity contribution in [2.45, 2.75) is 38.3 Å². The van der Waals surface area contributed by atoms with Crippen LogP contribution in [0.3, 0.4) is 0 Å². The first-order valence-electron chi connectivity index (χ1n) is 14.1. The highest BCUT2D eigenvalue weighted by molar-refractivity contribution is 6.18. The van der Waals surface area contributed by atoms with E-state index in [1.165, 1.54) is 24.3 Å². The SMILES string of the molecule is CC1=CC2N(c3ccc(C)cc31)C(C(=O)c1ccc(C)cc1)C(C(=O)c1ccc(F)cc1)C21C(=O)Nc2ccccc21. The van der Waals surface area contributed by atoms with Gasteiger partial charge in [0.2, 0.25) is 5.91 Å². The lowest BCUT2D eigenvalue weighted by atomic mass is 9.64. The summed E-state index contributed by atoms with van der Waals surface area (Å²) in [6.45, 7) is 5.97. The van der Waals surface area contributed by atoms with Crippen LogP contribution in [0.5, 0.6) is 0 Å². The molecule has 6 heteroatoms. The lowest BCUT2D eigenvalue weighted by molar-refractivity contribution is -0.121. The van der Waals surface area contributed by atoms with Crippen molar-refractivity contribution in [3.8, 4) is 0 Å². The molecule has 3 aliphatic rings. The van der Waals surface area contributed by atoms with Crippen LogP contribution in [0.4, 0.5) is 15.8 Å². The van der Waals surface area contributed by atoms with Crippen molar-refractivity contribution in [2.75, 3.05) is 10.2 Å². The fourth-order valence-corrected chi connectivity index (χ4v) is 7.23. The fraction of sp³-hybridized carbons (Fsp3) is 0.194. The summed E-state index contributed by atoms with van der Waals surface area (Å²) in [5.41, 5.74) is 5.44. The van der Waals surface area contributed by atoms with Crippen LogP contribution in [0.25, 0.3) is 5.57 Å². The maximum absolute atomic E-state index is 14.8. The molecule has 1 amide bonds. The molecular formula is C36H29FN2O3. The minimum absolute atomic E-state index is 0.242. The molecule has 3 heterocycles. The zero-order chi connectivity index (χ0) is 29.3. The van der Waals surface area contributed by atoms with Gasteiger partial charge in [0.1, 0.15) is 17.3 Å². The molecule has 4 aromatic rings. The van der Waals surface area contributed by atoms with Crippen LogP contribution < -0.4 is 10.2 Å². The highest BCUT2D eigenvalue weighted by Gasteiger charge is 2.70. The Kier molecular flexibility index (Phi) is 5.80. The number of carbonyl (C=O) groups excluding carboxylic acids is 3. The Morgan fingerprint density at radius 3 is 2.19 bits per heavy atom. The molecule has 1 N–H and O–H groups in total. The molecule has 5 nitrogen and oxygen atoms in total. The van der Waals surface area contributed by atoms with Crippen molar-refractivity contribution in [1.29, 1.82) is 0 Å². The number of allylic oxidation sites excluding steroid dienone is 1. The van der Waals surface area contributed by atoms with Crippen molar-refractivity contribution in [3.05, 3.63) is 136 Å². The van der Waals surface area contributed by atoms with E-state index < -0.39 is 29.2 Å². The number of ketones is 2. The number of nitrogens with one attached hydrogen (secondary N) is 1. The zero-order valence-electron chi connectivity index (χ0n) is 23.5. The Bertz CT molecular complexity index is 1830. The van der Waals surface area contributed by atoms with Gasteiger partial charge < -0.3 is 10.2 Å². The molecule has 0 aromatic heterocycles. The van der Waals surface area contributed by atoms with E-state index in [0.717, 1.165) is 28.0 Å². The second-order valence-electron chi connectivity index (χ2n) is 11.6. The van der Waals surface area contributed by atoms with Crippen molar-refractivity contribution in [3.63, 3.8) is 0 Å². The standard InChI is InChI=1S/C36H29FN2O3/c1-20-8-11-24(12-9-20)34(41)32-31(33(40)23-13-15-25(37)16-14-23)36(27-6-4-5-7-28(27)38-35(36)42)30-19-22(3)26-18-21(2)10-17-29(26)39(30)32/h4-19,30-32H,1-3H3,(H,38,42). The first kappa shape index (κ1) is 26.1. The number of carbonyl (C=O) groups is 3. The smallest absolute Gasteiger partial charge is 0.238 e. The van der Waals surface area contributed by atoms with Gasteiger partial charge in [-0.15, -0.1) is 0 Å². The molecule has 0 aliphatic carbocycles. The predicted octanol–water partition coefficient (Wildman–Crippen LogP) is 6.69. The number of fused-ring (bicyclic) bond motifs is 6. The Labute approximate surface area is 243 Å². The van der Waals surface area contributed by atoms with E-state index in [-0.39, 0.29) is 23.0 Å². The number of anilines is 2. The maximum Gasteiger partial charge on any atom is 0.238 e. The van der Waals surface area contributed by atoms with Gasteiger partial charge in [-0.25, -0.2) is 4.39 Å². The summed E-state index contributed by atoms with van der Waals surface area (Å²) in [6.07, 6.45) is 2.04. The van der Waals surface area contributed by atoms with Gasteiger partial charge in [0.15, 0.2) is 11.6 Å². The van der Waals surface area contributed by atoms with Crippen LogP contribution in [0, 0.1) is 25.6 Å². The second kappa shape index (κ2) is 9.35. The Balaban J connectivity index is 1.55. The summed E-state index contributed by atoms with van der Waals surface area (Å²) >= 11 is 0. The van der Waals surface area contributed by atoms with E-state index in [2.05, 4.69) is 11.4 Å². The van der Waals surface area contributed by atoms with Crippen molar-refractivity contribution >= 4 is 34.4 Å². The van der Waals surface area contributed by atoms with Crippen LogP contribution >= 0.6 is 0 Å². The summed E-state index contributed by atoms with van der Waals surface area (Å²) in [7, 11) is 0. The number of hydrogen-bond donors (Lipinski definition) is 1. The maximum atomic E-state index is 14.8. The second-order valence-corrected chi connectivity index (χ2v) is 11.6. The summed E-state index contributed by atoms with van der Waals surface area (Å²) in [5.74, 6) is -2.50. The molecule has 3 aliphatic heterocycles. The van der Waals surface area contributed by atoms with Gasteiger partial charge in [0.05, 0.1) is 12.0 Å². The topological polar surface area (TPSA) is 66.5 Å². The Morgan fingerprint density at radius 1 is 0.810 bits per heavy atom. The lowest BCUT2D eigenvalue weighted by Gasteiger charge is -2.39. The molecule has 4 aromatic carbocycles. The molecule has 4 atom stereocenters. The number of benzene rings is 4. The first-order chi connectivity index (χ1) is 20.2. The molecule has 0 saturated carbocycles. The summed E-state index contributed by atoms with van der Waals surface area (Å²) in [4.78, 5) is 45.9. The van der Waals surface area contributed by atoms with Gasteiger partial charge in [0, 0.05) is 28.1 Å². The number of nitrogens with zero attached hydrogens (tertiary/aromatic N) is 1. The third kappa shape index (κ3) is 3.57. The Morgan fingerprint density at radius 2 is 1.45 bits per heavy atom. The number of halogens is 1. The molecule has 208 valence electrons. The molecule has 0 bridgehead atoms. The van der Waals surface area contributed by atoms with Crippen molar-refractivity contribution < 1.29 is 18.8 Å². The van der Waals surface area contributed by atoms with Gasteiger partial charge >= 0.3 is 0 Å². The van der Waals surface area contributed by atoms with Crippen LogP contribution in [0.2, 0.25) is 0 Å². The predicted molar refractivity (Wildman–Crippen MR) is 161 cm³/mol. The fourth-order valence-electron chi connectivity index (χ4n) is 7.23. The van der Waals surface area contributed by atoms with E-state index in [1.807, 2.05) is 80.3 Å². The van der Waals surface area contributed by atoms with Gasteiger partial charge in [-0.05, 0) is 74.4 Å². The third-order valence-corrected chi connectivity index (χ3v) is 9.15. The largest absolute Gasteiger partial charge is 0.352 e. The number of amides is 1. The zero-order valence-corrected chi connectivity index (χ0v) is 23.5. The average molecular weight is 557 g/mol. The normalized spacial score (nSPS) is 23.6. The van der Waals surface area contributed by atoms with Gasteiger partial charge in [-0.3, -0.25) is 14.4 Å². The molecule has 7 rings (SSSR count). The van der Waals surface area contributed by atoms with Gasteiger partial charge in [-0.1, -0.05) is 65.7 Å². The molecular weight excluding hydrogens is 527 g/mol. The van der Waals surface area contributed by atoms with Gasteiger partial charge in [-0.2, -0.15) is 0 Å². The number of para-hydroxylation sites is 1. The average Bonchev–Trinajstić information content (AvgIpc) is 3.45. The van der Waals surface area contributed by atoms with Crippen LogP contribution in [-0.4, -0.2) is 29.6 Å². The highest BCUT2D eigenvalue weighted by atomic mass is 19.1. The Hall–Kier alpha value is -4.84. The number of Topliss-reactive ketones (excluding diaryl/α,β-unsaturated/α-hetero) is 2. The molecule has 1 saturated heterocycles. The number of aryl methyl sites for hydroxylation is 2. The van der Waals surface area contributed by atoms with Crippen LogP contribution in [0.15, 0.2) is 97.1 Å². The van der Waals surface area contributed by atoms with Crippen molar-refractivity contribution in [1.82, 2.24) is 0 Å². The summed E-state index contributed by atoms with van der Waals surface area (Å²) in [6, 6.07) is 24.5. The first-order valence-corrected chi connectivity index (χ1v) is 14.1. The number of rotatable bonds is 4. The van der Waals surface area contributed by atoms with E-state index in [1.54, 1.807) is 12.1 Å². The summed E-state index contributed by atoms with van der Waals surface area (Å²) < 4.78 is 14.0. The van der Waals surface area contributed by atoms with Crippen molar-refractivity contribution in [2.24, 2.45) is 5.92 Å². The van der Waals surface area contributed by atoms with E-state index in [0.29, 0.717) is 16.8 Å². The third-order valence-electron chi connectivity index (χ3n) is 9.15. The van der Waals surface area contributed by atoms with Gasteiger partial charge in [0.25, 0.3) is 0 Å². The summed E-state index contributed by atoms with van der Waals surface area (Å²) in [5, 5.41) is 3.04. The van der Waals surface area contributed by atoms with Crippen LogP contribution in [-0.2, 0) is 10.2 Å². The van der Waals surface area contributed by atoms with Crippen LogP contribution in [0.1, 0.15) is 49.9 Å². The lowest BCUT2D eigenvalue weighted by Crippen LogP contribution is -2.51. The minimum Gasteiger partial charge on any atom is -0.352 e.